The molecule has 0 radical (unpaired) electrons. The zero-order valence-corrected chi connectivity index (χ0v) is 25.0. The number of anilines is 1. The first-order valence-corrected chi connectivity index (χ1v) is 15.1. The van der Waals surface area contributed by atoms with E-state index in [2.05, 4.69) is 26.8 Å². The fourth-order valence-corrected chi connectivity index (χ4v) is 7.47. The molecule has 4 aliphatic rings. The van der Waals surface area contributed by atoms with Crippen molar-refractivity contribution in [3.8, 4) is 11.5 Å². The molecular weight excluding hydrogens is 535 g/mol. The van der Waals surface area contributed by atoms with Gasteiger partial charge in [-0.1, -0.05) is 12.2 Å². The average Bonchev–Trinajstić information content (AvgIpc) is 3.52. The van der Waals surface area contributed by atoms with Crippen molar-refractivity contribution in [2.75, 3.05) is 31.1 Å². The summed E-state index contributed by atoms with van der Waals surface area (Å²) >= 11 is 0. The van der Waals surface area contributed by atoms with Crippen LogP contribution in [-0.4, -0.2) is 81.9 Å². The van der Waals surface area contributed by atoms with Gasteiger partial charge < -0.3 is 24.8 Å². The fraction of sp³-hybridized carbons (Fsp3) is 0.562. The quantitative estimate of drug-likeness (QED) is 0.489. The highest BCUT2D eigenvalue weighted by atomic mass is 19.1. The van der Waals surface area contributed by atoms with Gasteiger partial charge in [0.2, 0.25) is 5.91 Å². The van der Waals surface area contributed by atoms with Crippen LogP contribution in [0.1, 0.15) is 63.7 Å². The van der Waals surface area contributed by atoms with Gasteiger partial charge in [0.25, 0.3) is 5.91 Å². The van der Waals surface area contributed by atoms with Crippen LogP contribution < -0.4 is 15.0 Å². The molecule has 4 fully saturated rings. The lowest BCUT2D eigenvalue weighted by Crippen LogP contribution is -2.62. The summed E-state index contributed by atoms with van der Waals surface area (Å²) in [7, 11) is 0. The molecule has 3 saturated heterocycles. The number of nitrogens with zero attached hydrogens (tertiary/aromatic N) is 5. The smallest absolute Gasteiger partial charge is 0.258 e. The minimum absolute atomic E-state index is 0.0627. The maximum Gasteiger partial charge on any atom is 0.258 e. The predicted molar refractivity (Wildman–Crippen MR) is 158 cm³/mol. The zero-order chi connectivity index (χ0) is 29.8. The van der Waals surface area contributed by atoms with Gasteiger partial charge in [-0.05, 0) is 71.6 Å². The van der Waals surface area contributed by atoms with Crippen LogP contribution in [0.2, 0.25) is 0 Å². The molecule has 42 heavy (non-hydrogen) atoms. The van der Waals surface area contributed by atoms with Crippen molar-refractivity contribution in [3.05, 3.63) is 54.3 Å². The summed E-state index contributed by atoms with van der Waals surface area (Å²) in [4.78, 5) is 41.4. The second-order valence-corrected chi connectivity index (χ2v) is 13.1. The van der Waals surface area contributed by atoms with E-state index < -0.39 is 5.82 Å². The molecule has 0 unspecified atom stereocenters. The standard InChI is InChI=1S/C32H41FN6O3/c1-19(2)39(20(3)4)30(40)25-13-22(33)6-7-26(25)42-27-15-34-18-35-29(27)38-16-32(17-38)8-10-37(11-9-32)31(41)28-24-14-23(36-28)12-21(24)5/h6-7,13,15,18-20,23-24,28,36H,5,8-12,14,16-17H2,1-4H3/t23-,24-,28+/m1/s1. The molecule has 1 aromatic carbocycles. The minimum atomic E-state index is -0.502. The van der Waals surface area contributed by atoms with Crippen molar-refractivity contribution < 1.29 is 18.7 Å². The molecule has 4 heterocycles. The maximum absolute atomic E-state index is 14.3. The molecule has 1 saturated carbocycles. The molecule has 2 amide bonds. The predicted octanol–water partition coefficient (Wildman–Crippen LogP) is 4.40. The van der Waals surface area contributed by atoms with Crippen LogP contribution in [-0.2, 0) is 4.79 Å². The van der Waals surface area contributed by atoms with Crippen LogP contribution in [0.5, 0.6) is 11.5 Å². The lowest BCUT2D eigenvalue weighted by atomic mass is 9.72. The highest BCUT2D eigenvalue weighted by molar-refractivity contribution is 5.97. The van der Waals surface area contributed by atoms with Crippen LogP contribution in [0.25, 0.3) is 0 Å². The van der Waals surface area contributed by atoms with Crippen molar-refractivity contribution in [3.63, 3.8) is 0 Å². The van der Waals surface area contributed by atoms with Crippen molar-refractivity contribution in [2.45, 2.75) is 77.5 Å². The number of carbonyl (C=O) groups is 2. The molecule has 9 nitrogen and oxygen atoms in total. The van der Waals surface area contributed by atoms with Crippen molar-refractivity contribution in [2.24, 2.45) is 11.3 Å². The van der Waals surface area contributed by atoms with Gasteiger partial charge in [0.1, 0.15) is 17.9 Å². The Bertz CT molecular complexity index is 1370. The number of benzene rings is 1. The average molecular weight is 577 g/mol. The number of likely N-dealkylation sites (tertiary alicyclic amines) is 1. The summed E-state index contributed by atoms with van der Waals surface area (Å²) in [5.41, 5.74) is 1.51. The number of ether oxygens (including phenoxy) is 1. The first-order valence-electron chi connectivity index (χ1n) is 15.1. The number of hydrogen-bond donors (Lipinski definition) is 1. The summed E-state index contributed by atoms with van der Waals surface area (Å²) in [6, 6.07) is 4.18. The van der Waals surface area contributed by atoms with Gasteiger partial charge >= 0.3 is 0 Å². The largest absolute Gasteiger partial charge is 0.451 e. The Morgan fingerprint density at radius 2 is 1.86 bits per heavy atom. The number of rotatable bonds is 7. The third-order valence-corrected chi connectivity index (χ3v) is 9.54. The van der Waals surface area contributed by atoms with E-state index in [-0.39, 0.29) is 52.6 Å². The highest BCUT2D eigenvalue weighted by Crippen LogP contribution is 2.46. The third kappa shape index (κ3) is 5.14. The number of hydrogen-bond acceptors (Lipinski definition) is 7. The molecule has 10 heteroatoms. The SMILES string of the molecule is C=C1C[C@@H]2C[C@H]1[C@@H](C(=O)N1CCC3(CC1)CN(c1ncncc1Oc1ccc(F)cc1C(=O)N(C(C)C)C(C)C)C3)N2. The van der Waals surface area contributed by atoms with Gasteiger partial charge in [-0.3, -0.25) is 9.59 Å². The Kier molecular flexibility index (Phi) is 7.45. The third-order valence-electron chi connectivity index (χ3n) is 9.54. The van der Waals surface area contributed by atoms with E-state index in [0.29, 0.717) is 17.6 Å². The molecule has 1 aliphatic carbocycles. The first kappa shape index (κ1) is 28.6. The molecule has 6 rings (SSSR count). The van der Waals surface area contributed by atoms with Gasteiger partial charge in [0.05, 0.1) is 17.8 Å². The normalized spacial score (nSPS) is 24.5. The molecule has 1 spiro atoms. The number of halogens is 1. The summed E-state index contributed by atoms with van der Waals surface area (Å²) in [6.45, 7) is 15.1. The molecule has 1 aromatic heterocycles. The lowest BCUT2D eigenvalue weighted by Gasteiger charge is -2.54. The van der Waals surface area contributed by atoms with Gasteiger partial charge in [-0.25, -0.2) is 14.4 Å². The number of fused-ring (bicyclic) bond motifs is 2. The van der Waals surface area contributed by atoms with Gasteiger partial charge in [-0.2, -0.15) is 0 Å². The number of piperidine rings is 2. The lowest BCUT2D eigenvalue weighted by molar-refractivity contribution is -0.136. The number of carbonyl (C=O) groups excluding carboxylic acids is 2. The number of aromatic nitrogens is 2. The summed E-state index contributed by atoms with van der Waals surface area (Å²) in [5.74, 6) is 1.04. The van der Waals surface area contributed by atoms with Crippen LogP contribution in [0.4, 0.5) is 10.2 Å². The van der Waals surface area contributed by atoms with E-state index >= 15 is 0 Å². The fourth-order valence-electron chi connectivity index (χ4n) is 7.47. The molecule has 2 aromatic rings. The Hall–Kier alpha value is -3.53. The zero-order valence-electron chi connectivity index (χ0n) is 25.0. The summed E-state index contributed by atoms with van der Waals surface area (Å²) in [5, 5.41) is 3.52. The van der Waals surface area contributed by atoms with Gasteiger partial charge in [-0.15, -0.1) is 0 Å². The Morgan fingerprint density at radius 3 is 2.50 bits per heavy atom. The van der Waals surface area contributed by atoms with Crippen LogP contribution in [0.3, 0.4) is 0 Å². The number of amides is 2. The van der Waals surface area contributed by atoms with Crippen molar-refractivity contribution in [1.82, 2.24) is 25.1 Å². The maximum atomic E-state index is 14.3. The first-order chi connectivity index (χ1) is 20.0. The van der Waals surface area contributed by atoms with Crippen molar-refractivity contribution >= 4 is 17.6 Å². The topological polar surface area (TPSA) is 90.9 Å². The second-order valence-electron chi connectivity index (χ2n) is 13.1. The molecule has 224 valence electrons. The van der Waals surface area contributed by atoms with E-state index in [9.17, 15) is 14.0 Å². The van der Waals surface area contributed by atoms with Crippen LogP contribution in [0.15, 0.2) is 42.9 Å². The Labute approximate surface area is 247 Å². The van der Waals surface area contributed by atoms with Crippen molar-refractivity contribution in [1.29, 1.82) is 0 Å². The summed E-state index contributed by atoms with van der Waals surface area (Å²) in [6.07, 6.45) is 6.98. The number of nitrogens with one attached hydrogen (secondary N) is 1. The Balaban J connectivity index is 1.12. The molecular formula is C32H41FN6O3. The molecule has 2 bridgehead atoms. The van der Waals surface area contributed by atoms with Gasteiger partial charge in [0.15, 0.2) is 11.6 Å². The second kappa shape index (κ2) is 10.9. The molecule has 3 atom stereocenters. The van der Waals surface area contributed by atoms with Crippen LogP contribution in [0, 0.1) is 17.2 Å². The van der Waals surface area contributed by atoms with E-state index in [1.807, 2.05) is 32.6 Å². The molecule has 3 aliphatic heterocycles. The highest BCUT2D eigenvalue weighted by Gasteiger charge is 2.50. The van der Waals surface area contributed by atoms with E-state index in [1.54, 1.807) is 11.1 Å². The summed E-state index contributed by atoms with van der Waals surface area (Å²) < 4.78 is 20.6. The van der Waals surface area contributed by atoms with E-state index in [4.69, 9.17) is 4.74 Å². The minimum Gasteiger partial charge on any atom is -0.451 e. The van der Waals surface area contributed by atoms with E-state index in [0.717, 1.165) is 51.9 Å². The monoisotopic (exact) mass is 576 g/mol. The molecule has 1 N–H and O–H groups in total. The van der Waals surface area contributed by atoms with E-state index in [1.165, 1.54) is 30.1 Å². The van der Waals surface area contributed by atoms with Crippen LogP contribution >= 0.6 is 0 Å². The Morgan fingerprint density at radius 1 is 1.14 bits per heavy atom. The van der Waals surface area contributed by atoms with Gasteiger partial charge in [0, 0.05) is 55.6 Å².